The topological polar surface area (TPSA) is 12.0 Å². The lowest BCUT2D eigenvalue weighted by Gasteiger charge is -2.35. The second-order valence-electron chi connectivity index (χ2n) is 4.05. The largest absolute Gasteiger partial charge is 0.309 e. The Kier molecular flexibility index (Phi) is 1.85. The Morgan fingerprint density at radius 1 is 1.36 bits per heavy atom. The summed E-state index contributed by atoms with van der Waals surface area (Å²) in [5, 5.41) is 7.23. The van der Waals surface area contributed by atoms with Gasteiger partial charge in [-0.1, -0.05) is 25.1 Å². The first-order valence-electron chi connectivity index (χ1n) is 5.06. The summed E-state index contributed by atoms with van der Waals surface area (Å²) in [6.45, 7) is 3.47. The maximum atomic E-state index is 3.50. The van der Waals surface area contributed by atoms with E-state index >= 15 is 0 Å². The minimum Gasteiger partial charge on any atom is -0.309 e. The molecule has 0 amide bonds. The molecule has 3 rings (SSSR count). The molecule has 1 aliphatic rings. The van der Waals surface area contributed by atoms with Gasteiger partial charge in [0.05, 0.1) is 0 Å². The van der Waals surface area contributed by atoms with Gasteiger partial charge in [-0.3, -0.25) is 0 Å². The molecule has 1 aliphatic heterocycles. The molecular weight excluding hydrogens is 190 g/mol. The Labute approximate surface area is 87.8 Å². The molecule has 1 aromatic heterocycles. The third-order valence-corrected chi connectivity index (χ3v) is 4.06. The number of rotatable bonds is 1. The number of nitrogens with one attached hydrogen (secondary N) is 1. The number of benzene rings is 1. The van der Waals surface area contributed by atoms with Crippen molar-refractivity contribution in [3.63, 3.8) is 0 Å². The number of hydrogen-bond acceptors (Lipinski definition) is 2. The summed E-state index contributed by atoms with van der Waals surface area (Å²) < 4.78 is 1.41. The quantitative estimate of drug-likeness (QED) is 0.750. The smallest absolute Gasteiger partial charge is 0.0372 e. The van der Waals surface area contributed by atoms with E-state index in [1.54, 1.807) is 0 Å². The molecule has 0 radical (unpaired) electrons. The van der Waals surface area contributed by atoms with Crippen LogP contribution in [0.1, 0.15) is 18.5 Å². The van der Waals surface area contributed by atoms with Crippen molar-refractivity contribution in [2.24, 2.45) is 5.92 Å². The van der Waals surface area contributed by atoms with E-state index in [2.05, 4.69) is 41.9 Å². The maximum Gasteiger partial charge on any atom is 0.0372 e. The van der Waals surface area contributed by atoms with Gasteiger partial charge in [-0.25, -0.2) is 0 Å². The van der Waals surface area contributed by atoms with Gasteiger partial charge in [0, 0.05) is 17.3 Å². The van der Waals surface area contributed by atoms with Crippen LogP contribution in [0.3, 0.4) is 0 Å². The highest BCUT2D eigenvalue weighted by atomic mass is 32.1. The first-order chi connectivity index (χ1) is 6.86. The molecular formula is C12H13NS. The molecule has 0 bridgehead atoms. The third-order valence-electron chi connectivity index (χ3n) is 3.07. The van der Waals surface area contributed by atoms with E-state index < -0.39 is 0 Å². The molecule has 2 atom stereocenters. The van der Waals surface area contributed by atoms with Crippen LogP contribution < -0.4 is 5.32 Å². The van der Waals surface area contributed by atoms with Gasteiger partial charge in [0.25, 0.3) is 0 Å². The van der Waals surface area contributed by atoms with E-state index in [1.807, 2.05) is 11.3 Å². The van der Waals surface area contributed by atoms with Gasteiger partial charge in [-0.2, -0.15) is 0 Å². The number of hydrogen-bond donors (Lipinski definition) is 1. The molecule has 1 nitrogen and oxygen atoms in total. The monoisotopic (exact) mass is 203 g/mol. The molecule has 1 N–H and O–H groups in total. The van der Waals surface area contributed by atoms with Crippen molar-refractivity contribution >= 4 is 21.4 Å². The summed E-state index contributed by atoms with van der Waals surface area (Å²) in [4.78, 5) is 0. The van der Waals surface area contributed by atoms with E-state index in [1.165, 1.54) is 15.6 Å². The van der Waals surface area contributed by atoms with Crippen LogP contribution in [0.15, 0.2) is 29.6 Å². The van der Waals surface area contributed by atoms with E-state index in [0.29, 0.717) is 6.04 Å². The average Bonchev–Trinajstić information content (AvgIpc) is 2.60. The fraction of sp³-hybridized carbons (Fsp3) is 0.333. The van der Waals surface area contributed by atoms with Crippen molar-refractivity contribution in [1.29, 1.82) is 0 Å². The van der Waals surface area contributed by atoms with Crippen LogP contribution in [0.25, 0.3) is 10.1 Å². The van der Waals surface area contributed by atoms with Crippen molar-refractivity contribution in [2.75, 3.05) is 6.54 Å². The minimum absolute atomic E-state index is 0.589. The van der Waals surface area contributed by atoms with Crippen molar-refractivity contribution < 1.29 is 0 Å². The fourth-order valence-electron chi connectivity index (χ4n) is 2.13. The molecule has 2 aromatic rings. The molecule has 0 spiro atoms. The van der Waals surface area contributed by atoms with Crippen LogP contribution in [0, 0.1) is 5.92 Å². The van der Waals surface area contributed by atoms with Gasteiger partial charge >= 0.3 is 0 Å². The zero-order valence-corrected chi connectivity index (χ0v) is 8.97. The molecule has 1 aromatic carbocycles. The van der Waals surface area contributed by atoms with Crippen LogP contribution in [-0.4, -0.2) is 6.54 Å². The second kappa shape index (κ2) is 3.07. The molecule has 0 aliphatic carbocycles. The van der Waals surface area contributed by atoms with E-state index in [-0.39, 0.29) is 0 Å². The van der Waals surface area contributed by atoms with Crippen LogP contribution >= 0.6 is 11.3 Å². The molecule has 72 valence electrons. The Morgan fingerprint density at radius 3 is 2.93 bits per heavy atom. The van der Waals surface area contributed by atoms with Crippen LogP contribution in [0.5, 0.6) is 0 Å². The van der Waals surface area contributed by atoms with Gasteiger partial charge in [0.1, 0.15) is 0 Å². The predicted octanol–water partition coefficient (Wildman–Crippen LogP) is 3.18. The Bertz CT molecular complexity index is 460. The molecule has 2 heterocycles. The Hall–Kier alpha value is -0.860. The lowest BCUT2D eigenvalue weighted by atomic mass is 9.88. The van der Waals surface area contributed by atoms with Gasteiger partial charge in [-0.15, -0.1) is 11.3 Å². The highest BCUT2D eigenvalue weighted by Gasteiger charge is 2.29. The molecule has 1 fully saturated rings. The van der Waals surface area contributed by atoms with E-state index in [0.717, 1.165) is 12.5 Å². The van der Waals surface area contributed by atoms with Crippen molar-refractivity contribution in [2.45, 2.75) is 13.0 Å². The summed E-state index contributed by atoms with van der Waals surface area (Å²) in [6.07, 6.45) is 0. The van der Waals surface area contributed by atoms with Crippen molar-refractivity contribution in [1.82, 2.24) is 5.32 Å². The van der Waals surface area contributed by atoms with Crippen LogP contribution in [-0.2, 0) is 0 Å². The molecule has 1 saturated heterocycles. The highest BCUT2D eigenvalue weighted by molar-refractivity contribution is 7.17. The average molecular weight is 203 g/mol. The zero-order chi connectivity index (χ0) is 9.54. The summed E-state index contributed by atoms with van der Waals surface area (Å²) in [5.41, 5.74) is 1.49. The van der Waals surface area contributed by atoms with Crippen molar-refractivity contribution in [3.8, 4) is 0 Å². The van der Waals surface area contributed by atoms with Gasteiger partial charge in [0.15, 0.2) is 0 Å². The minimum atomic E-state index is 0.589. The second-order valence-corrected chi connectivity index (χ2v) is 4.96. The predicted molar refractivity (Wildman–Crippen MR) is 61.7 cm³/mol. The number of fused-ring (bicyclic) bond motifs is 1. The molecule has 2 unspecified atom stereocenters. The molecule has 0 saturated carbocycles. The van der Waals surface area contributed by atoms with E-state index in [4.69, 9.17) is 0 Å². The summed E-state index contributed by atoms with van der Waals surface area (Å²) in [5.74, 6) is 0.785. The van der Waals surface area contributed by atoms with Crippen molar-refractivity contribution in [3.05, 3.63) is 35.2 Å². The first kappa shape index (κ1) is 8.45. The molecule has 14 heavy (non-hydrogen) atoms. The lowest BCUT2D eigenvalue weighted by molar-refractivity contribution is 0.260. The third kappa shape index (κ3) is 1.11. The zero-order valence-electron chi connectivity index (χ0n) is 8.16. The fourth-order valence-corrected chi connectivity index (χ4v) is 3.12. The lowest BCUT2D eigenvalue weighted by Crippen LogP contribution is -2.43. The standard InChI is InChI=1S/C12H13NS/c1-8-6-13-12(8)10-7-14-11-5-3-2-4-9(10)11/h2-5,7-8,12-13H,6H2,1H3. The van der Waals surface area contributed by atoms with Gasteiger partial charge in [-0.05, 0) is 28.3 Å². The Morgan fingerprint density at radius 2 is 2.21 bits per heavy atom. The van der Waals surface area contributed by atoms with Gasteiger partial charge < -0.3 is 5.32 Å². The summed E-state index contributed by atoms with van der Waals surface area (Å²) >= 11 is 1.85. The summed E-state index contributed by atoms with van der Waals surface area (Å²) in [6, 6.07) is 9.26. The highest BCUT2D eigenvalue weighted by Crippen LogP contribution is 2.36. The normalized spacial score (nSPS) is 26.4. The summed E-state index contributed by atoms with van der Waals surface area (Å²) in [7, 11) is 0. The SMILES string of the molecule is CC1CNC1c1csc2ccccc12. The maximum absolute atomic E-state index is 3.50. The van der Waals surface area contributed by atoms with Crippen LogP contribution in [0.2, 0.25) is 0 Å². The number of thiophene rings is 1. The first-order valence-corrected chi connectivity index (χ1v) is 5.94. The molecule has 2 heteroatoms. The van der Waals surface area contributed by atoms with Crippen LogP contribution in [0.4, 0.5) is 0 Å². The van der Waals surface area contributed by atoms with Gasteiger partial charge in [0.2, 0.25) is 0 Å². The van der Waals surface area contributed by atoms with E-state index in [9.17, 15) is 0 Å². The Balaban J connectivity index is 2.12.